The van der Waals surface area contributed by atoms with E-state index >= 15 is 0 Å². The van der Waals surface area contributed by atoms with Gasteiger partial charge < -0.3 is 15.8 Å². The van der Waals surface area contributed by atoms with Crippen molar-refractivity contribution in [3.05, 3.63) is 29.8 Å². The molecule has 3 N–H and O–H groups in total. The number of benzene rings is 1. The number of nitrogens with two attached hydrogens (primary N) is 1. The number of ether oxygens (including phenoxy) is 1. The zero-order valence-corrected chi connectivity index (χ0v) is 10.7. The van der Waals surface area contributed by atoms with E-state index in [4.69, 9.17) is 10.5 Å². The number of piperidine rings is 1. The van der Waals surface area contributed by atoms with Crippen LogP contribution < -0.4 is 15.8 Å². The maximum absolute atomic E-state index is 11.6. The third kappa shape index (κ3) is 2.82. The summed E-state index contributed by atoms with van der Waals surface area (Å²) in [5, 5.41) is 3.21. The molecule has 0 radical (unpaired) electrons. The molecule has 0 aromatic heterocycles. The minimum absolute atomic E-state index is 0.297. The van der Waals surface area contributed by atoms with Crippen molar-refractivity contribution >= 4 is 5.91 Å². The molecule has 1 unspecified atom stereocenters. The minimum Gasteiger partial charge on any atom is -0.491 e. The first kappa shape index (κ1) is 12.9. The molecular formula is C14H20N2O2. The molecule has 4 heteroatoms. The Bertz CT molecular complexity index is 408. The highest BCUT2D eigenvalue weighted by atomic mass is 16.5. The fraction of sp³-hybridized carbons (Fsp3) is 0.500. The van der Waals surface area contributed by atoms with Crippen molar-refractivity contribution in [1.29, 1.82) is 0 Å². The smallest absolute Gasteiger partial charge is 0.241 e. The van der Waals surface area contributed by atoms with Crippen LogP contribution in [0.25, 0.3) is 0 Å². The molecule has 0 saturated carbocycles. The summed E-state index contributed by atoms with van der Waals surface area (Å²) in [7, 11) is 0. The maximum Gasteiger partial charge on any atom is 0.241 e. The quantitative estimate of drug-likeness (QED) is 0.846. The third-order valence-electron chi connectivity index (χ3n) is 3.47. The van der Waals surface area contributed by atoms with Crippen LogP contribution in [-0.2, 0) is 4.79 Å². The van der Waals surface area contributed by atoms with Crippen LogP contribution in [0.3, 0.4) is 0 Å². The molecule has 1 aromatic rings. The Morgan fingerprint density at radius 1 is 1.39 bits per heavy atom. The number of carbonyl (C=O) groups excluding carboxylic acids is 1. The third-order valence-corrected chi connectivity index (χ3v) is 3.47. The number of aryl methyl sites for hydroxylation is 1. The highest BCUT2D eigenvalue weighted by molar-refractivity contribution is 5.85. The molecule has 1 saturated heterocycles. The van der Waals surface area contributed by atoms with Gasteiger partial charge in [0.1, 0.15) is 17.9 Å². The van der Waals surface area contributed by atoms with Crippen molar-refractivity contribution in [2.45, 2.75) is 31.7 Å². The van der Waals surface area contributed by atoms with Gasteiger partial charge in [0.25, 0.3) is 0 Å². The highest BCUT2D eigenvalue weighted by Crippen LogP contribution is 2.21. The van der Waals surface area contributed by atoms with Gasteiger partial charge in [-0.25, -0.2) is 0 Å². The van der Waals surface area contributed by atoms with Crippen LogP contribution >= 0.6 is 0 Å². The van der Waals surface area contributed by atoms with Gasteiger partial charge in [-0.2, -0.15) is 0 Å². The van der Waals surface area contributed by atoms with Gasteiger partial charge in [-0.15, -0.1) is 0 Å². The molecule has 4 nitrogen and oxygen atoms in total. The number of hydrogen-bond donors (Lipinski definition) is 2. The van der Waals surface area contributed by atoms with Crippen LogP contribution in [-0.4, -0.2) is 24.6 Å². The zero-order chi connectivity index (χ0) is 13.0. The Morgan fingerprint density at radius 2 is 2.11 bits per heavy atom. The predicted octanol–water partition coefficient (Wildman–Crippen LogP) is 1.37. The number of amides is 1. The van der Waals surface area contributed by atoms with Gasteiger partial charge in [0, 0.05) is 0 Å². The lowest BCUT2D eigenvalue weighted by atomic mass is 9.89. The molecule has 1 atom stereocenters. The van der Waals surface area contributed by atoms with Gasteiger partial charge in [0.05, 0.1) is 0 Å². The standard InChI is InChI=1S/C14H20N2O2/c1-11-4-6-12(7-5-11)18-10-14(13(15)17)8-2-3-9-16-14/h4-7,16H,2-3,8-10H2,1H3,(H2,15,17). The van der Waals surface area contributed by atoms with Crippen LogP contribution in [0.5, 0.6) is 5.75 Å². The maximum atomic E-state index is 11.6. The minimum atomic E-state index is -0.705. The molecule has 0 aliphatic carbocycles. The van der Waals surface area contributed by atoms with E-state index in [0.29, 0.717) is 6.61 Å². The molecule has 1 aliphatic rings. The first-order valence-corrected chi connectivity index (χ1v) is 6.37. The monoisotopic (exact) mass is 248 g/mol. The van der Waals surface area contributed by atoms with Crippen LogP contribution in [0.2, 0.25) is 0 Å². The van der Waals surface area contributed by atoms with Gasteiger partial charge in [-0.3, -0.25) is 4.79 Å². The summed E-state index contributed by atoms with van der Waals surface area (Å²) < 4.78 is 5.70. The van der Waals surface area contributed by atoms with Gasteiger partial charge in [-0.05, 0) is 44.9 Å². The van der Waals surface area contributed by atoms with Crippen molar-refractivity contribution < 1.29 is 9.53 Å². The number of nitrogens with one attached hydrogen (secondary N) is 1. The largest absolute Gasteiger partial charge is 0.491 e. The topological polar surface area (TPSA) is 64.3 Å². The summed E-state index contributed by atoms with van der Waals surface area (Å²) in [4.78, 5) is 11.6. The van der Waals surface area contributed by atoms with Crippen molar-refractivity contribution in [1.82, 2.24) is 5.32 Å². The Balaban J connectivity index is 2.01. The predicted molar refractivity (Wildman–Crippen MR) is 70.5 cm³/mol. The van der Waals surface area contributed by atoms with Crippen molar-refractivity contribution in [2.24, 2.45) is 5.73 Å². The number of rotatable bonds is 4. The molecule has 1 aromatic carbocycles. The Hall–Kier alpha value is -1.55. The molecule has 2 rings (SSSR count). The highest BCUT2D eigenvalue weighted by Gasteiger charge is 2.38. The molecule has 1 aliphatic heterocycles. The van der Waals surface area contributed by atoms with Crippen LogP contribution in [0, 0.1) is 6.92 Å². The van der Waals surface area contributed by atoms with Crippen LogP contribution in [0.15, 0.2) is 24.3 Å². The second-order valence-corrected chi connectivity index (χ2v) is 4.93. The second-order valence-electron chi connectivity index (χ2n) is 4.93. The molecule has 18 heavy (non-hydrogen) atoms. The normalized spacial score (nSPS) is 23.6. The van der Waals surface area contributed by atoms with E-state index in [0.717, 1.165) is 31.6 Å². The summed E-state index contributed by atoms with van der Waals surface area (Å²) in [5.41, 5.74) is 5.99. The number of primary amides is 1. The van der Waals surface area contributed by atoms with E-state index in [-0.39, 0.29) is 5.91 Å². The summed E-state index contributed by atoms with van der Waals surface area (Å²) in [5.74, 6) is 0.447. The molecule has 1 fully saturated rings. The fourth-order valence-electron chi connectivity index (χ4n) is 2.21. The zero-order valence-electron chi connectivity index (χ0n) is 10.7. The van der Waals surface area contributed by atoms with Gasteiger partial charge in [0.2, 0.25) is 5.91 Å². The van der Waals surface area contributed by atoms with E-state index in [9.17, 15) is 4.79 Å². The summed E-state index contributed by atoms with van der Waals surface area (Å²) in [6.07, 6.45) is 2.83. The SMILES string of the molecule is Cc1ccc(OCC2(C(N)=O)CCCCN2)cc1. The Kier molecular flexibility index (Phi) is 3.87. The Labute approximate surface area is 108 Å². The van der Waals surface area contributed by atoms with Crippen LogP contribution in [0.1, 0.15) is 24.8 Å². The van der Waals surface area contributed by atoms with E-state index in [2.05, 4.69) is 5.32 Å². The van der Waals surface area contributed by atoms with Crippen molar-refractivity contribution in [3.8, 4) is 5.75 Å². The lowest BCUT2D eigenvalue weighted by Gasteiger charge is -2.35. The lowest BCUT2D eigenvalue weighted by Crippen LogP contribution is -2.61. The van der Waals surface area contributed by atoms with Crippen molar-refractivity contribution in [3.63, 3.8) is 0 Å². The van der Waals surface area contributed by atoms with Gasteiger partial charge in [-0.1, -0.05) is 17.7 Å². The summed E-state index contributed by atoms with van der Waals surface area (Å²) in [6.45, 7) is 3.14. The molecule has 98 valence electrons. The van der Waals surface area contributed by atoms with Gasteiger partial charge >= 0.3 is 0 Å². The van der Waals surface area contributed by atoms with E-state index in [1.54, 1.807) is 0 Å². The van der Waals surface area contributed by atoms with Crippen molar-refractivity contribution in [2.75, 3.05) is 13.2 Å². The summed E-state index contributed by atoms with van der Waals surface area (Å²) >= 11 is 0. The fourth-order valence-corrected chi connectivity index (χ4v) is 2.21. The Morgan fingerprint density at radius 3 is 2.67 bits per heavy atom. The summed E-state index contributed by atoms with van der Waals surface area (Å²) in [6, 6.07) is 7.79. The molecule has 0 bridgehead atoms. The molecule has 1 heterocycles. The molecule has 0 spiro atoms. The van der Waals surface area contributed by atoms with E-state index in [1.165, 1.54) is 5.56 Å². The second kappa shape index (κ2) is 5.40. The van der Waals surface area contributed by atoms with Crippen LogP contribution in [0.4, 0.5) is 0 Å². The average molecular weight is 248 g/mol. The van der Waals surface area contributed by atoms with E-state index in [1.807, 2.05) is 31.2 Å². The number of hydrogen-bond acceptors (Lipinski definition) is 3. The first-order valence-electron chi connectivity index (χ1n) is 6.37. The van der Waals surface area contributed by atoms with E-state index < -0.39 is 5.54 Å². The van der Waals surface area contributed by atoms with Gasteiger partial charge in [0.15, 0.2) is 0 Å². The lowest BCUT2D eigenvalue weighted by molar-refractivity contribution is -0.126. The molecule has 1 amide bonds. The average Bonchev–Trinajstić information content (AvgIpc) is 2.39. The first-order chi connectivity index (χ1) is 8.62. The number of carbonyl (C=O) groups is 1. The molecular weight excluding hydrogens is 228 g/mol.